The van der Waals surface area contributed by atoms with Crippen LogP contribution in [-0.2, 0) is 0 Å². The molecule has 0 aromatic heterocycles. The molecule has 0 heterocycles. The molecular weight excluding hydrogens is 222 g/mol. The Morgan fingerprint density at radius 2 is 1.75 bits per heavy atom. The highest BCUT2D eigenvalue weighted by molar-refractivity contribution is 4.96. The lowest BCUT2D eigenvalue weighted by Gasteiger charge is -2.44. The normalized spacial score (nSPS) is 41.4. The van der Waals surface area contributed by atoms with Crippen molar-refractivity contribution in [2.24, 2.45) is 29.4 Å². The Kier molecular flexibility index (Phi) is 3.87. The van der Waals surface area contributed by atoms with Crippen LogP contribution in [0.25, 0.3) is 0 Å². The molecular formula is C11H19F4N. The summed E-state index contributed by atoms with van der Waals surface area (Å²) in [5.74, 6) is -3.54. The van der Waals surface area contributed by atoms with E-state index in [1.54, 1.807) is 13.8 Å². The second-order valence-corrected chi connectivity index (χ2v) is 5.21. The standard InChI is InChI=1S/C11H19F4N/c1-5(2)8-9(11(13,14)15)6(3)4-7(16)10(8)12/h5-10H,4,16H2,1-3H3. The molecule has 1 nitrogen and oxygen atoms in total. The van der Waals surface area contributed by atoms with Crippen LogP contribution in [0.2, 0.25) is 0 Å². The molecule has 16 heavy (non-hydrogen) atoms. The summed E-state index contributed by atoms with van der Waals surface area (Å²) in [6.45, 7) is 4.76. The van der Waals surface area contributed by atoms with Gasteiger partial charge in [0.25, 0.3) is 0 Å². The van der Waals surface area contributed by atoms with Crippen molar-refractivity contribution in [3.05, 3.63) is 0 Å². The highest BCUT2D eigenvalue weighted by Crippen LogP contribution is 2.48. The topological polar surface area (TPSA) is 26.0 Å². The van der Waals surface area contributed by atoms with Gasteiger partial charge < -0.3 is 5.73 Å². The van der Waals surface area contributed by atoms with Crippen molar-refractivity contribution in [3.8, 4) is 0 Å². The lowest BCUT2D eigenvalue weighted by Crippen LogP contribution is -2.54. The predicted molar refractivity (Wildman–Crippen MR) is 54.5 cm³/mol. The summed E-state index contributed by atoms with van der Waals surface area (Å²) in [6, 6.07) is -0.763. The molecule has 1 aliphatic carbocycles. The first-order chi connectivity index (χ1) is 7.16. The molecule has 2 N–H and O–H groups in total. The van der Waals surface area contributed by atoms with Gasteiger partial charge in [0.05, 0.1) is 5.92 Å². The average molecular weight is 241 g/mol. The van der Waals surface area contributed by atoms with Crippen LogP contribution in [0.15, 0.2) is 0 Å². The third kappa shape index (κ3) is 2.50. The minimum absolute atomic E-state index is 0.106. The van der Waals surface area contributed by atoms with Gasteiger partial charge in [-0.1, -0.05) is 20.8 Å². The summed E-state index contributed by atoms with van der Waals surface area (Å²) in [5, 5.41) is 0. The largest absolute Gasteiger partial charge is 0.392 e. The molecule has 0 bridgehead atoms. The Morgan fingerprint density at radius 3 is 2.12 bits per heavy atom. The van der Waals surface area contributed by atoms with E-state index in [-0.39, 0.29) is 12.3 Å². The molecule has 0 amide bonds. The SMILES string of the molecule is CC(C)C1C(F)C(N)CC(C)C1C(F)(F)F. The summed E-state index contributed by atoms with van der Waals surface area (Å²) in [7, 11) is 0. The van der Waals surface area contributed by atoms with Crippen molar-refractivity contribution >= 4 is 0 Å². The third-order valence-electron chi connectivity index (χ3n) is 3.60. The number of rotatable bonds is 1. The van der Waals surface area contributed by atoms with E-state index in [1.807, 2.05) is 0 Å². The van der Waals surface area contributed by atoms with Crippen LogP contribution in [-0.4, -0.2) is 18.4 Å². The summed E-state index contributed by atoms with van der Waals surface area (Å²) in [4.78, 5) is 0. The highest BCUT2D eigenvalue weighted by Gasteiger charge is 2.55. The molecule has 1 rings (SSSR count). The lowest BCUT2D eigenvalue weighted by molar-refractivity contribution is -0.224. The van der Waals surface area contributed by atoms with Gasteiger partial charge in [0.15, 0.2) is 0 Å². The zero-order chi connectivity index (χ0) is 12.7. The fraction of sp³-hybridized carbons (Fsp3) is 1.00. The van der Waals surface area contributed by atoms with E-state index in [2.05, 4.69) is 0 Å². The molecule has 96 valence electrons. The van der Waals surface area contributed by atoms with Gasteiger partial charge in [-0.25, -0.2) is 4.39 Å². The highest BCUT2D eigenvalue weighted by atomic mass is 19.4. The second kappa shape index (κ2) is 4.51. The maximum atomic E-state index is 13.8. The Labute approximate surface area is 93.4 Å². The van der Waals surface area contributed by atoms with Crippen molar-refractivity contribution in [2.75, 3.05) is 0 Å². The minimum atomic E-state index is -4.33. The van der Waals surface area contributed by atoms with Crippen molar-refractivity contribution in [3.63, 3.8) is 0 Å². The molecule has 0 radical (unpaired) electrons. The molecule has 0 aromatic rings. The van der Waals surface area contributed by atoms with Crippen molar-refractivity contribution in [1.82, 2.24) is 0 Å². The lowest BCUT2D eigenvalue weighted by atomic mass is 9.65. The van der Waals surface area contributed by atoms with E-state index >= 15 is 0 Å². The zero-order valence-electron chi connectivity index (χ0n) is 9.76. The smallest absolute Gasteiger partial charge is 0.325 e. The predicted octanol–water partition coefficient (Wildman–Crippen LogP) is 3.14. The van der Waals surface area contributed by atoms with Crippen LogP contribution in [0.4, 0.5) is 17.6 Å². The van der Waals surface area contributed by atoms with Crippen molar-refractivity contribution in [1.29, 1.82) is 0 Å². The van der Waals surface area contributed by atoms with Gasteiger partial charge in [-0.3, -0.25) is 0 Å². The first-order valence-corrected chi connectivity index (χ1v) is 5.62. The van der Waals surface area contributed by atoms with E-state index in [1.165, 1.54) is 6.92 Å². The van der Waals surface area contributed by atoms with Crippen LogP contribution >= 0.6 is 0 Å². The fourth-order valence-electron chi connectivity index (χ4n) is 2.89. The van der Waals surface area contributed by atoms with Crippen LogP contribution in [0.1, 0.15) is 27.2 Å². The van der Waals surface area contributed by atoms with Crippen LogP contribution in [0.3, 0.4) is 0 Å². The summed E-state index contributed by atoms with van der Waals surface area (Å²) < 4.78 is 52.5. The fourth-order valence-corrected chi connectivity index (χ4v) is 2.89. The van der Waals surface area contributed by atoms with E-state index in [4.69, 9.17) is 5.73 Å². The molecule has 0 saturated heterocycles. The minimum Gasteiger partial charge on any atom is -0.325 e. The average Bonchev–Trinajstić information content (AvgIpc) is 2.07. The summed E-state index contributed by atoms with van der Waals surface area (Å²) in [5.41, 5.74) is 5.56. The van der Waals surface area contributed by atoms with Crippen LogP contribution < -0.4 is 5.73 Å². The molecule has 0 aliphatic heterocycles. The maximum Gasteiger partial charge on any atom is 0.392 e. The number of hydrogen-bond donors (Lipinski definition) is 1. The molecule has 1 saturated carbocycles. The number of nitrogens with two attached hydrogens (primary N) is 1. The summed E-state index contributed by atoms with van der Waals surface area (Å²) >= 11 is 0. The molecule has 0 aromatic carbocycles. The first-order valence-electron chi connectivity index (χ1n) is 5.62. The third-order valence-corrected chi connectivity index (χ3v) is 3.60. The van der Waals surface area contributed by atoms with E-state index in [0.717, 1.165) is 0 Å². The van der Waals surface area contributed by atoms with Gasteiger partial charge in [0.1, 0.15) is 6.17 Å². The van der Waals surface area contributed by atoms with Crippen molar-refractivity contribution in [2.45, 2.75) is 45.6 Å². The van der Waals surface area contributed by atoms with Crippen molar-refractivity contribution < 1.29 is 17.6 Å². The number of hydrogen-bond acceptors (Lipinski definition) is 1. The van der Waals surface area contributed by atoms with Gasteiger partial charge in [-0.05, 0) is 18.3 Å². The number of halogens is 4. The van der Waals surface area contributed by atoms with E-state index in [0.29, 0.717) is 0 Å². The Morgan fingerprint density at radius 1 is 1.25 bits per heavy atom. The van der Waals surface area contributed by atoms with Gasteiger partial charge in [0.2, 0.25) is 0 Å². The van der Waals surface area contributed by atoms with Gasteiger partial charge >= 0.3 is 6.18 Å². The first kappa shape index (κ1) is 13.7. The van der Waals surface area contributed by atoms with Gasteiger partial charge in [-0.2, -0.15) is 13.2 Å². The maximum absolute atomic E-state index is 13.8. The van der Waals surface area contributed by atoms with E-state index < -0.39 is 36.1 Å². The zero-order valence-corrected chi connectivity index (χ0v) is 9.76. The molecule has 1 aliphatic rings. The molecule has 0 spiro atoms. The molecule has 5 atom stereocenters. The summed E-state index contributed by atoms with van der Waals surface area (Å²) in [6.07, 6.45) is -5.78. The quantitative estimate of drug-likeness (QED) is 0.701. The van der Waals surface area contributed by atoms with E-state index in [9.17, 15) is 17.6 Å². The van der Waals surface area contributed by atoms with Crippen LogP contribution in [0, 0.1) is 23.7 Å². The van der Waals surface area contributed by atoms with Gasteiger partial charge in [0, 0.05) is 12.0 Å². The van der Waals surface area contributed by atoms with Gasteiger partial charge in [-0.15, -0.1) is 0 Å². The Balaban J connectivity index is 3.01. The van der Waals surface area contributed by atoms with Crippen LogP contribution in [0.5, 0.6) is 0 Å². The molecule has 1 fully saturated rings. The Bertz CT molecular complexity index is 239. The molecule has 5 unspecified atom stereocenters. The Hall–Kier alpha value is -0.320. The molecule has 5 heteroatoms. The monoisotopic (exact) mass is 241 g/mol. The second-order valence-electron chi connectivity index (χ2n) is 5.21. The number of alkyl halides is 4.